The largest absolute Gasteiger partial charge is 0.316 e. The molecule has 1 N–H and O–H groups in total. The summed E-state index contributed by atoms with van der Waals surface area (Å²) >= 11 is 6.14. The van der Waals surface area contributed by atoms with Gasteiger partial charge in [-0.25, -0.2) is 4.68 Å². The van der Waals surface area contributed by atoms with Crippen LogP contribution in [-0.2, 0) is 6.54 Å². The number of halogens is 1. The molecule has 3 nitrogen and oxygen atoms in total. The Labute approximate surface area is 100 Å². The lowest BCUT2D eigenvalue weighted by molar-refractivity contribution is 0.801. The van der Waals surface area contributed by atoms with Gasteiger partial charge >= 0.3 is 0 Å². The van der Waals surface area contributed by atoms with Gasteiger partial charge in [-0.2, -0.15) is 5.10 Å². The zero-order valence-corrected chi connectivity index (χ0v) is 10.1. The predicted molar refractivity (Wildman–Crippen MR) is 66.1 cm³/mol. The molecule has 0 fully saturated rings. The lowest BCUT2D eigenvalue weighted by Gasteiger charge is -2.07. The van der Waals surface area contributed by atoms with Crippen LogP contribution in [0.1, 0.15) is 11.3 Å². The standard InChI is InChI=1S/C12H14ClN3/c1-9-10(7-14-2)8-15-16(9)12-6-4-3-5-11(12)13/h3-6,8,14H,7H2,1-2H3. The van der Waals surface area contributed by atoms with Gasteiger partial charge in [-0.3, -0.25) is 0 Å². The van der Waals surface area contributed by atoms with E-state index in [9.17, 15) is 0 Å². The maximum Gasteiger partial charge on any atom is 0.0834 e. The maximum absolute atomic E-state index is 6.14. The van der Waals surface area contributed by atoms with Crippen molar-refractivity contribution in [3.8, 4) is 5.69 Å². The van der Waals surface area contributed by atoms with E-state index in [1.807, 2.05) is 49.1 Å². The fourth-order valence-corrected chi connectivity index (χ4v) is 1.89. The first-order chi connectivity index (χ1) is 7.74. The third kappa shape index (κ3) is 1.96. The molecule has 0 bridgehead atoms. The van der Waals surface area contributed by atoms with Gasteiger partial charge in [-0.1, -0.05) is 23.7 Å². The van der Waals surface area contributed by atoms with Crippen LogP contribution >= 0.6 is 11.6 Å². The van der Waals surface area contributed by atoms with Gasteiger partial charge in [-0.15, -0.1) is 0 Å². The van der Waals surface area contributed by atoms with Crippen molar-refractivity contribution < 1.29 is 0 Å². The molecule has 0 aliphatic rings. The first-order valence-corrected chi connectivity index (χ1v) is 5.55. The second kappa shape index (κ2) is 4.68. The molecule has 4 heteroatoms. The SMILES string of the molecule is CNCc1cnn(-c2ccccc2Cl)c1C. The Bertz CT molecular complexity index is 491. The number of para-hydroxylation sites is 1. The minimum absolute atomic E-state index is 0.713. The van der Waals surface area contributed by atoms with E-state index in [0.29, 0.717) is 5.02 Å². The molecule has 0 atom stereocenters. The van der Waals surface area contributed by atoms with Gasteiger partial charge in [0.05, 0.1) is 16.9 Å². The summed E-state index contributed by atoms with van der Waals surface area (Å²) in [6, 6.07) is 7.71. The Morgan fingerprint density at radius 1 is 1.38 bits per heavy atom. The number of nitrogens with one attached hydrogen (secondary N) is 1. The molecule has 0 saturated heterocycles. The molecule has 16 heavy (non-hydrogen) atoms. The van der Waals surface area contributed by atoms with E-state index >= 15 is 0 Å². The highest BCUT2D eigenvalue weighted by molar-refractivity contribution is 6.32. The Kier molecular flexibility index (Phi) is 3.27. The van der Waals surface area contributed by atoms with Crippen molar-refractivity contribution in [3.05, 3.63) is 46.7 Å². The molecule has 0 spiro atoms. The first-order valence-electron chi connectivity index (χ1n) is 5.17. The molecule has 0 aliphatic heterocycles. The number of aromatic nitrogens is 2. The molecule has 0 unspecified atom stereocenters. The highest BCUT2D eigenvalue weighted by Crippen LogP contribution is 2.21. The lowest BCUT2D eigenvalue weighted by Crippen LogP contribution is -2.06. The topological polar surface area (TPSA) is 29.9 Å². The average Bonchev–Trinajstić information content (AvgIpc) is 2.62. The highest BCUT2D eigenvalue weighted by atomic mass is 35.5. The van der Waals surface area contributed by atoms with Gasteiger partial charge in [0.25, 0.3) is 0 Å². The van der Waals surface area contributed by atoms with E-state index in [4.69, 9.17) is 11.6 Å². The van der Waals surface area contributed by atoms with Crippen LogP contribution in [0.4, 0.5) is 0 Å². The normalized spacial score (nSPS) is 10.7. The minimum atomic E-state index is 0.713. The third-order valence-corrected chi connectivity index (χ3v) is 2.88. The monoisotopic (exact) mass is 235 g/mol. The molecule has 0 amide bonds. The van der Waals surface area contributed by atoms with Crippen LogP contribution < -0.4 is 5.32 Å². The molecule has 1 aromatic carbocycles. The average molecular weight is 236 g/mol. The smallest absolute Gasteiger partial charge is 0.0834 e. The molecular weight excluding hydrogens is 222 g/mol. The first kappa shape index (κ1) is 11.2. The predicted octanol–water partition coefficient (Wildman–Crippen LogP) is 2.55. The molecule has 2 rings (SSSR count). The van der Waals surface area contributed by atoms with Crippen LogP contribution in [0.3, 0.4) is 0 Å². The number of nitrogens with zero attached hydrogens (tertiary/aromatic N) is 2. The second-order valence-electron chi connectivity index (χ2n) is 3.65. The summed E-state index contributed by atoms with van der Waals surface area (Å²) in [5, 5.41) is 8.19. The molecule has 0 radical (unpaired) electrons. The quantitative estimate of drug-likeness (QED) is 0.886. The van der Waals surface area contributed by atoms with E-state index in [0.717, 1.165) is 17.9 Å². The Hall–Kier alpha value is -1.32. The van der Waals surface area contributed by atoms with E-state index < -0.39 is 0 Å². The summed E-state index contributed by atoms with van der Waals surface area (Å²) < 4.78 is 1.87. The van der Waals surface area contributed by atoms with E-state index in [2.05, 4.69) is 10.4 Å². The van der Waals surface area contributed by atoms with Gasteiger partial charge in [-0.05, 0) is 26.1 Å². The number of hydrogen-bond acceptors (Lipinski definition) is 2. The zero-order chi connectivity index (χ0) is 11.5. The van der Waals surface area contributed by atoms with Crippen molar-refractivity contribution in [1.29, 1.82) is 0 Å². The van der Waals surface area contributed by atoms with E-state index in [1.54, 1.807) is 0 Å². The van der Waals surface area contributed by atoms with Crippen LogP contribution in [-0.4, -0.2) is 16.8 Å². The van der Waals surface area contributed by atoms with Crippen molar-refractivity contribution >= 4 is 11.6 Å². The fourth-order valence-electron chi connectivity index (χ4n) is 1.67. The molecular formula is C12H14ClN3. The second-order valence-corrected chi connectivity index (χ2v) is 4.06. The maximum atomic E-state index is 6.14. The zero-order valence-electron chi connectivity index (χ0n) is 9.37. The highest BCUT2D eigenvalue weighted by Gasteiger charge is 2.09. The Morgan fingerprint density at radius 3 is 2.81 bits per heavy atom. The molecule has 0 saturated carbocycles. The van der Waals surface area contributed by atoms with E-state index in [1.165, 1.54) is 5.56 Å². The molecule has 84 valence electrons. The Balaban J connectivity index is 2.45. The van der Waals surface area contributed by atoms with E-state index in [-0.39, 0.29) is 0 Å². The van der Waals surface area contributed by atoms with Crippen molar-refractivity contribution in [2.45, 2.75) is 13.5 Å². The van der Waals surface area contributed by atoms with Crippen molar-refractivity contribution in [1.82, 2.24) is 15.1 Å². The van der Waals surface area contributed by atoms with Crippen molar-refractivity contribution in [3.63, 3.8) is 0 Å². The van der Waals surface area contributed by atoms with Gasteiger partial charge < -0.3 is 5.32 Å². The summed E-state index contributed by atoms with van der Waals surface area (Å²) in [6.45, 7) is 2.86. The summed E-state index contributed by atoms with van der Waals surface area (Å²) in [7, 11) is 1.92. The van der Waals surface area contributed by atoms with Crippen LogP contribution in [0.2, 0.25) is 5.02 Å². The molecule has 1 aromatic heterocycles. The lowest BCUT2D eigenvalue weighted by atomic mass is 10.2. The third-order valence-electron chi connectivity index (χ3n) is 2.56. The fraction of sp³-hybridized carbons (Fsp3) is 0.250. The van der Waals surface area contributed by atoms with Gasteiger partial charge in [0.15, 0.2) is 0 Å². The van der Waals surface area contributed by atoms with Crippen LogP contribution in [0.15, 0.2) is 30.5 Å². The van der Waals surface area contributed by atoms with Crippen molar-refractivity contribution in [2.75, 3.05) is 7.05 Å². The van der Waals surface area contributed by atoms with Crippen molar-refractivity contribution in [2.24, 2.45) is 0 Å². The molecule has 2 aromatic rings. The summed E-state index contributed by atoms with van der Waals surface area (Å²) in [4.78, 5) is 0. The number of hydrogen-bond donors (Lipinski definition) is 1. The molecule has 0 aliphatic carbocycles. The Morgan fingerprint density at radius 2 is 2.12 bits per heavy atom. The van der Waals surface area contributed by atoms with Crippen LogP contribution in [0.5, 0.6) is 0 Å². The summed E-state index contributed by atoms with van der Waals surface area (Å²) in [6.07, 6.45) is 1.87. The minimum Gasteiger partial charge on any atom is -0.316 e. The van der Waals surface area contributed by atoms with Gasteiger partial charge in [0.2, 0.25) is 0 Å². The van der Waals surface area contributed by atoms with Gasteiger partial charge in [0, 0.05) is 17.8 Å². The van der Waals surface area contributed by atoms with Crippen LogP contribution in [0.25, 0.3) is 5.69 Å². The summed E-state index contributed by atoms with van der Waals surface area (Å²) in [5.41, 5.74) is 3.22. The van der Waals surface area contributed by atoms with Crippen LogP contribution in [0, 0.1) is 6.92 Å². The number of benzene rings is 1. The van der Waals surface area contributed by atoms with Gasteiger partial charge in [0.1, 0.15) is 0 Å². The summed E-state index contributed by atoms with van der Waals surface area (Å²) in [5.74, 6) is 0. The molecule has 1 heterocycles. The number of rotatable bonds is 3.